The fourth-order valence-electron chi connectivity index (χ4n) is 2.56. The molecule has 0 aliphatic carbocycles. The molecule has 1 aliphatic heterocycles. The summed E-state index contributed by atoms with van der Waals surface area (Å²) >= 11 is 5.99. The predicted molar refractivity (Wildman–Crippen MR) is 94.9 cm³/mol. The second-order valence-corrected chi connectivity index (χ2v) is 6.15. The Balaban J connectivity index is 1.90. The van der Waals surface area contributed by atoms with Gasteiger partial charge in [-0.25, -0.2) is 4.79 Å². The predicted octanol–water partition coefficient (Wildman–Crippen LogP) is 3.05. The summed E-state index contributed by atoms with van der Waals surface area (Å²) in [6, 6.07) is 11.9. The number of hydrogen-bond donors (Lipinski definition) is 1. The summed E-state index contributed by atoms with van der Waals surface area (Å²) in [5.74, 6) is -0.563. The van der Waals surface area contributed by atoms with E-state index in [1.807, 2.05) is 0 Å². The average molecular weight is 373 g/mol. The normalized spacial score (nSPS) is 19.8. The van der Waals surface area contributed by atoms with Gasteiger partial charge < -0.3 is 5.32 Å². The van der Waals surface area contributed by atoms with E-state index in [9.17, 15) is 19.7 Å². The third-order valence-corrected chi connectivity index (χ3v) is 4.37. The molecule has 0 saturated carbocycles. The number of nitrogens with zero attached hydrogens (tertiary/aromatic N) is 3. The van der Waals surface area contributed by atoms with Gasteiger partial charge in [-0.15, -0.1) is 5.01 Å². The fourth-order valence-corrected chi connectivity index (χ4v) is 2.73. The topological polar surface area (TPSA) is 105 Å². The van der Waals surface area contributed by atoms with E-state index in [1.165, 1.54) is 18.2 Å². The second kappa shape index (κ2) is 6.57. The number of rotatable bonds is 4. The monoisotopic (exact) mass is 372 g/mol. The van der Waals surface area contributed by atoms with Gasteiger partial charge in [0.1, 0.15) is 5.54 Å². The molecule has 0 unspecified atom stereocenters. The molecule has 0 radical (unpaired) electrons. The van der Waals surface area contributed by atoms with E-state index < -0.39 is 22.4 Å². The molecule has 0 spiro atoms. The van der Waals surface area contributed by atoms with Crippen LogP contribution in [0.15, 0.2) is 53.6 Å². The molecule has 1 N–H and O–H groups in total. The number of urea groups is 1. The van der Waals surface area contributed by atoms with Crippen molar-refractivity contribution >= 4 is 35.4 Å². The van der Waals surface area contributed by atoms with Crippen molar-refractivity contribution in [3.8, 4) is 0 Å². The summed E-state index contributed by atoms with van der Waals surface area (Å²) in [7, 11) is 0. The zero-order valence-corrected chi connectivity index (χ0v) is 14.3. The van der Waals surface area contributed by atoms with Crippen molar-refractivity contribution in [2.45, 2.75) is 12.5 Å². The van der Waals surface area contributed by atoms with Gasteiger partial charge in [0.2, 0.25) is 0 Å². The van der Waals surface area contributed by atoms with E-state index in [1.54, 1.807) is 37.3 Å². The smallest absolute Gasteiger partial charge is 0.318 e. The largest absolute Gasteiger partial charge is 0.346 e. The van der Waals surface area contributed by atoms with Crippen LogP contribution in [0.3, 0.4) is 0 Å². The number of nitrogens with one attached hydrogen (secondary N) is 1. The van der Waals surface area contributed by atoms with E-state index in [2.05, 4.69) is 10.4 Å². The molecule has 0 aromatic heterocycles. The first kappa shape index (κ1) is 17.6. The van der Waals surface area contributed by atoms with Crippen LogP contribution < -0.4 is 5.32 Å². The lowest BCUT2D eigenvalue weighted by Crippen LogP contribution is -2.40. The van der Waals surface area contributed by atoms with Crippen LogP contribution in [0, 0.1) is 10.1 Å². The van der Waals surface area contributed by atoms with Gasteiger partial charge >= 0.3 is 6.03 Å². The van der Waals surface area contributed by atoms with Crippen molar-refractivity contribution in [2.75, 3.05) is 0 Å². The maximum atomic E-state index is 12.7. The van der Waals surface area contributed by atoms with Gasteiger partial charge in [-0.1, -0.05) is 41.9 Å². The Morgan fingerprint density at radius 2 is 1.92 bits per heavy atom. The maximum absolute atomic E-state index is 12.7. The SMILES string of the molecule is C[C@]1(c2ccccc2)NC(=O)N(/N=C\c2cc([N+](=O)[O-])ccc2Cl)C1=O. The molecule has 3 amide bonds. The number of hydrogen-bond acceptors (Lipinski definition) is 5. The number of amides is 3. The Morgan fingerprint density at radius 3 is 2.58 bits per heavy atom. The van der Waals surface area contributed by atoms with Crippen LogP contribution in [0.4, 0.5) is 10.5 Å². The Labute approximate surface area is 153 Å². The Morgan fingerprint density at radius 1 is 1.23 bits per heavy atom. The summed E-state index contributed by atoms with van der Waals surface area (Å²) in [6.07, 6.45) is 1.14. The van der Waals surface area contributed by atoms with Gasteiger partial charge in [0.25, 0.3) is 11.6 Å². The molecule has 8 nitrogen and oxygen atoms in total. The van der Waals surface area contributed by atoms with Gasteiger partial charge in [0, 0.05) is 22.7 Å². The third-order valence-electron chi connectivity index (χ3n) is 4.02. The first-order valence-corrected chi connectivity index (χ1v) is 7.91. The van der Waals surface area contributed by atoms with Crippen LogP contribution in [0.2, 0.25) is 5.02 Å². The summed E-state index contributed by atoms with van der Waals surface area (Å²) in [4.78, 5) is 35.2. The highest BCUT2D eigenvalue weighted by Gasteiger charge is 2.49. The fraction of sp³-hybridized carbons (Fsp3) is 0.118. The highest BCUT2D eigenvalue weighted by Crippen LogP contribution is 2.29. The maximum Gasteiger partial charge on any atom is 0.346 e. The molecule has 132 valence electrons. The molecule has 1 heterocycles. The van der Waals surface area contributed by atoms with Gasteiger partial charge in [0.15, 0.2) is 0 Å². The molecule has 26 heavy (non-hydrogen) atoms. The Bertz CT molecular complexity index is 932. The van der Waals surface area contributed by atoms with Crippen LogP contribution in [-0.2, 0) is 10.3 Å². The number of hydrazone groups is 1. The van der Waals surface area contributed by atoms with E-state index in [0.717, 1.165) is 6.21 Å². The molecule has 1 fully saturated rings. The summed E-state index contributed by atoms with van der Waals surface area (Å²) < 4.78 is 0. The van der Waals surface area contributed by atoms with Crippen LogP contribution >= 0.6 is 11.6 Å². The van der Waals surface area contributed by atoms with Crippen molar-refractivity contribution in [3.63, 3.8) is 0 Å². The number of imide groups is 1. The number of carbonyl (C=O) groups is 2. The lowest BCUT2D eigenvalue weighted by Gasteiger charge is -2.20. The summed E-state index contributed by atoms with van der Waals surface area (Å²) in [5, 5.41) is 18.2. The number of nitro benzene ring substituents is 1. The molecular formula is C17H13ClN4O4. The van der Waals surface area contributed by atoms with E-state index >= 15 is 0 Å². The average Bonchev–Trinajstić information content (AvgIpc) is 2.85. The highest BCUT2D eigenvalue weighted by molar-refractivity contribution is 6.33. The minimum Gasteiger partial charge on any atom is -0.318 e. The standard InChI is InChI=1S/C17H13ClN4O4/c1-17(12-5-3-2-4-6-12)15(23)21(16(24)20-17)19-10-11-9-13(22(25)26)7-8-14(11)18/h2-10H,1H3,(H,20,24)/b19-10-/t17-/m1/s1. The van der Waals surface area contributed by atoms with Gasteiger partial charge in [-0.3, -0.25) is 14.9 Å². The zero-order chi connectivity index (χ0) is 18.9. The van der Waals surface area contributed by atoms with Crippen molar-refractivity contribution in [1.82, 2.24) is 10.3 Å². The van der Waals surface area contributed by atoms with Crippen LogP contribution in [0.25, 0.3) is 0 Å². The van der Waals surface area contributed by atoms with E-state index in [0.29, 0.717) is 10.6 Å². The molecule has 1 saturated heterocycles. The lowest BCUT2D eigenvalue weighted by atomic mass is 9.92. The number of carbonyl (C=O) groups excluding carboxylic acids is 2. The zero-order valence-electron chi connectivity index (χ0n) is 13.5. The molecule has 9 heteroatoms. The minimum atomic E-state index is -1.25. The van der Waals surface area contributed by atoms with Crippen molar-refractivity contribution < 1.29 is 14.5 Å². The number of benzene rings is 2. The summed E-state index contributed by atoms with van der Waals surface area (Å²) in [5.41, 5.74) is -0.594. The van der Waals surface area contributed by atoms with Crippen LogP contribution in [0.1, 0.15) is 18.1 Å². The molecule has 1 aliphatic rings. The molecular weight excluding hydrogens is 360 g/mol. The number of halogens is 1. The third kappa shape index (κ3) is 3.02. The van der Waals surface area contributed by atoms with Crippen LogP contribution in [-0.4, -0.2) is 28.1 Å². The first-order valence-electron chi connectivity index (χ1n) is 7.53. The van der Waals surface area contributed by atoms with Crippen molar-refractivity contribution in [1.29, 1.82) is 0 Å². The quantitative estimate of drug-likeness (QED) is 0.385. The Kier molecular flexibility index (Phi) is 4.43. The highest BCUT2D eigenvalue weighted by atomic mass is 35.5. The van der Waals surface area contributed by atoms with E-state index in [4.69, 9.17) is 11.6 Å². The number of nitro groups is 1. The molecule has 2 aromatic rings. The summed E-state index contributed by atoms with van der Waals surface area (Å²) in [6.45, 7) is 1.58. The van der Waals surface area contributed by atoms with Crippen LogP contribution in [0.5, 0.6) is 0 Å². The van der Waals surface area contributed by atoms with Gasteiger partial charge in [-0.05, 0) is 18.6 Å². The second-order valence-electron chi connectivity index (χ2n) is 5.75. The first-order chi connectivity index (χ1) is 12.3. The molecule has 1 atom stereocenters. The van der Waals surface area contributed by atoms with Gasteiger partial charge in [0.05, 0.1) is 11.1 Å². The Hall–Kier alpha value is -3.26. The minimum absolute atomic E-state index is 0.179. The van der Waals surface area contributed by atoms with Gasteiger partial charge in [-0.2, -0.15) is 5.10 Å². The lowest BCUT2D eigenvalue weighted by molar-refractivity contribution is -0.384. The molecule has 2 aromatic carbocycles. The molecule has 3 rings (SSSR count). The van der Waals surface area contributed by atoms with Crippen molar-refractivity contribution in [3.05, 3.63) is 74.8 Å². The van der Waals surface area contributed by atoms with Crippen molar-refractivity contribution in [2.24, 2.45) is 5.10 Å². The molecule has 0 bridgehead atoms. The van der Waals surface area contributed by atoms with E-state index in [-0.39, 0.29) is 16.3 Å². The number of non-ortho nitro benzene ring substituents is 1.